The number of hydrogen-bond donors (Lipinski definition) is 0. The van der Waals surface area contributed by atoms with E-state index < -0.39 is 21.1 Å². The summed E-state index contributed by atoms with van der Waals surface area (Å²) in [7, 11) is -2.80. The van der Waals surface area contributed by atoms with E-state index in [-0.39, 0.29) is 40.0 Å². The fourth-order valence-electron chi connectivity index (χ4n) is 4.31. The minimum atomic E-state index is -4.16. The summed E-state index contributed by atoms with van der Waals surface area (Å²) in [6.07, 6.45) is 3.50. The molecule has 0 N–H and O–H groups in total. The molecule has 0 saturated carbocycles. The van der Waals surface area contributed by atoms with Gasteiger partial charge in [-0.1, -0.05) is 44.2 Å². The lowest BCUT2D eigenvalue weighted by molar-refractivity contribution is 0.497. The second kappa shape index (κ2) is 9.32. The predicted molar refractivity (Wildman–Crippen MR) is 139 cm³/mol. The van der Waals surface area contributed by atoms with Gasteiger partial charge in [-0.15, -0.1) is 0 Å². The van der Waals surface area contributed by atoms with Crippen LogP contribution in [0.15, 0.2) is 92.6 Å². The lowest BCUT2D eigenvalue weighted by Gasteiger charge is -2.11. The Morgan fingerprint density at radius 2 is 1.65 bits per heavy atom. The molecule has 0 spiro atoms. The summed E-state index contributed by atoms with van der Waals surface area (Å²) in [4.78, 5) is 26.4. The summed E-state index contributed by atoms with van der Waals surface area (Å²) < 4.78 is 33.2. The average Bonchev–Trinajstić information content (AvgIpc) is 3.55. The monoisotopic (exact) mass is 518 g/mol. The van der Waals surface area contributed by atoms with Crippen LogP contribution in [-0.2, 0) is 30.0 Å². The summed E-state index contributed by atoms with van der Waals surface area (Å²) in [6, 6.07) is 17.2. The van der Waals surface area contributed by atoms with Crippen molar-refractivity contribution in [3.63, 3.8) is 0 Å². The summed E-state index contributed by atoms with van der Waals surface area (Å²) in [5.74, 6) is 0.0626. The lowest BCUT2D eigenvalue weighted by atomic mass is 10.2. The van der Waals surface area contributed by atoms with Crippen LogP contribution >= 0.6 is 0 Å². The molecule has 0 radical (unpaired) electrons. The third-order valence-electron chi connectivity index (χ3n) is 6.07. The molecule has 2 aromatic carbocycles. The van der Waals surface area contributed by atoms with Gasteiger partial charge in [0.15, 0.2) is 10.7 Å². The van der Waals surface area contributed by atoms with Gasteiger partial charge in [-0.3, -0.25) is 13.9 Å². The first-order valence-corrected chi connectivity index (χ1v) is 13.3. The summed E-state index contributed by atoms with van der Waals surface area (Å²) >= 11 is 0. The zero-order valence-electron chi connectivity index (χ0n) is 20.6. The Bertz CT molecular complexity index is 1800. The van der Waals surface area contributed by atoms with Crippen molar-refractivity contribution < 1.29 is 8.42 Å². The Kier molecular flexibility index (Phi) is 6.16. The number of sulfone groups is 1. The zero-order chi connectivity index (χ0) is 26.3. The predicted octanol–water partition coefficient (Wildman–Crippen LogP) is 2.62. The van der Waals surface area contributed by atoms with Crippen molar-refractivity contribution >= 4 is 20.9 Å². The van der Waals surface area contributed by atoms with Crippen LogP contribution in [0.1, 0.15) is 19.4 Å². The van der Waals surface area contributed by atoms with E-state index in [1.807, 2.05) is 50.4 Å². The fourth-order valence-corrected chi connectivity index (χ4v) is 5.88. The maximum absolute atomic E-state index is 13.9. The topological polar surface area (TPSA) is 114 Å². The van der Waals surface area contributed by atoms with E-state index in [9.17, 15) is 18.0 Å². The molecule has 0 aliphatic heterocycles. The largest absolute Gasteiger partial charge is 0.332 e. The van der Waals surface area contributed by atoms with Crippen molar-refractivity contribution in [2.45, 2.75) is 36.9 Å². The highest BCUT2D eigenvalue weighted by atomic mass is 32.2. The molecule has 190 valence electrons. The molecule has 0 bridgehead atoms. The van der Waals surface area contributed by atoms with Crippen molar-refractivity contribution in [1.29, 1.82) is 0 Å². The van der Waals surface area contributed by atoms with Crippen LogP contribution in [0.4, 0.5) is 0 Å². The van der Waals surface area contributed by atoms with E-state index >= 15 is 0 Å². The van der Waals surface area contributed by atoms with Crippen molar-refractivity contribution in [3.05, 3.63) is 99.5 Å². The highest BCUT2D eigenvalue weighted by Gasteiger charge is 2.31. The van der Waals surface area contributed by atoms with Gasteiger partial charge in [0.1, 0.15) is 5.39 Å². The summed E-state index contributed by atoms with van der Waals surface area (Å²) in [5, 5.41) is 8.45. The van der Waals surface area contributed by atoms with Gasteiger partial charge in [0.25, 0.3) is 5.56 Å². The molecule has 0 saturated heterocycles. The maximum Gasteiger partial charge on any atom is 0.332 e. The Balaban J connectivity index is 1.75. The van der Waals surface area contributed by atoms with Gasteiger partial charge >= 0.3 is 5.69 Å². The van der Waals surface area contributed by atoms with Crippen LogP contribution in [-0.4, -0.2) is 37.1 Å². The number of aromatic nitrogens is 6. The lowest BCUT2D eigenvalue weighted by Crippen LogP contribution is -2.39. The van der Waals surface area contributed by atoms with Crippen molar-refractivity contribution in [2.75, 3.05) is 0 Å². The number of hydrogen-bond acceptors (Lipinski definition) is 6. The maximum atomic E-state index is 13.9. The van der Waals surface area contributed by atoms with Gasteiger partial charge in [0.2, 0.25) is 9.84 Å². The van der Waals surface area contributed by atoms with E-state index in [1.54, 1.807) is 29.1 Å². The second-order valence-corrected chi connectivity index (χ2v) is 11.1. The smallest absolute Gasteiger partial charge is 0.276 e. The number of rotatable bonds is 7. The van der Waals surface area contributed by atoms with Crippen LogP contribution in [0.2, 0.25) is 0 Å². The van der Waals surface area contributed by atoms with Gasteiger partial charge in [-0.2, -0.15) is 10.2 Å². The van der Waals surface area contributed by atoms with Gasteiger partial charge < -0.3 is 0 Å². The molecular formula is C26H26N6O4S. The standard InChI is InChI=1S/C26H26N6O4S/c1-18(2)16-30-23-22(24(33)29(3)26(30)34)25(37(35,36)21-8-5-4-6-9-21)32(28-23)17-19-10-12-20(13-11-19)31-15-7-14-27-31/h4-15,18H,16-17H2,1-3H3. The first-order valence-electron chi connectivity index (χ1n) is 11.8. The zero-order valence-corrected chi connectivity index (χ0v) is 21.5. The molecule has 0 amide bonds. The Morgan fingerprint density at radius 1 is 0.946 bits per heavy atom. The minimum Gasteiger partial charge on any atom is -0.276 e. The van der Waals surface area contributed by atoms with E-state index in [2.05, 4.69) is 10.2 Å². The molecule has 0 aliphatic carbocycles. The molecular weight excluding hydrogens is 492 g/mol. The molecule has 0 fully saturated rings. The molecule has 0 aliphatic rings. The molecule has 0 atom stereocenters. The van der Waals surface area contributed by atoms with Crippen molar-refractivity contribution in [2.24, 2.45) is 13.0 Å². The highest BCUT2D eigenvalue weighted by Crippen LogP contribution is 2.27. The number of nitrogens with zero attached hydrogens (tertiary/aromatic N) is 6. The van der Waals surface area contributed by atoms with Crippen LogP contribution < -0.4 is 11.2 Å². The molecule has 3 aromatic heterocycles. The number of fused-ring (bicyclic) bond motifs is 1. The quantitative estimate of drug-likeness (QED) is 0.327. The minimum absolute atomic E-state index is 0.0377. The van der Waals surface area contributed by atoms with Crippen molar-refractivity contribution in [1.82, 2.24) is 28.7 Å². The van der Waals surface area contributed by atoms with Crippen LogP contribution in [0.3, 0.4) is 0 Å². The number of benzene rings is 2. The van der Waals surface area contributed by atoms with Crippen LogP contribution in [0, 0.1) is 5.92 Å². The molecule has 0 unspecified atom stereocenters. The van der Waals surface area contributed by atoms with Gasteiger partial charge in [-0.05, 0) is 41.8 Å². The van der Waals surface area contributed by atoms with Gasteiger partial charge in [0, 0.05) is 26.0 Å². The third-order valence-corrected chi connectivity index (χ3v) is 7.89. The van der Waals surface area contributed by atoms with Gasteiger partial charge in [-0.25, -0.2) is 22.6 Å². The third kappa shape index (κ3) is 4.31. The first-order chi connectivity index (χ1) is 17.7. The SMILES string of the molecule is CC(C)Cn1c(=O)n(C)c(=O)c2c(S(=O)(=O)c3ccccc3)n(Cc3ccc(-n4cccn4)cc3)nc21. The van der Waals surface area contributed by atoms with Crippen molar-refractivity contribution in [3.8, 4) is 5.69 Å². The first kappa shape index (κ1) is 24.4. The van der Waals surface area contributed by atoms with E-state index in [4.69, 9.17) is 0 Å². The second-order valence-electron chi connectivity index (χ2n) is 9.25. The van der Waals surface area contributed by atoms with E-state index in [0.717, 1.165) is 15.8 Å². The normalized spacial score (nSPS) is 12.0. The Hall–Kier alpha value is -4.25. The highest BCUT2D eigenvalue weighted by molar-refractivity contribution is 7.91. The summed E-state index contributed by atoms with van der Waals surface area (Å²) in [6.45, 7) is 4.23. The Morgan fingerprint density at radius 3 is 2.27 bits per heavy atom. The summed E-state index contributed by atoms with van der Waals surface area (Å²) in [5.41, 5.74) is 0.432. The van der Waals surface area contributed by atoms with E-state index in [0.29, 0.717) is 0 Å². The van der Waals surface area contributed by atoms with Crippen LogP contribution in [0.25, 0.3) is 16.7 Å². The molecule has 3 heterocycles. The fraction of sp³-hybridized carbons (Fsp3) is 0.231. The molecule has 5 aromatic rings. The molecule has 37 heavy (non-hydrogen) atoms. The molecule has 10 nitrogen and oxygen atoms in total. The van der Waals surface area contributed by atoms with Crippen LogP contribution in [0.5, 0.6) is 0 Å². The van der Waals surface area contributed by atoms with Gasteiger partial charge in [0.05, 0.1) is 17.1 Å². The Labute approximate surface area is 212 Å². The molecule has 5 rings (SSSR count). The molecule has 11 heteroatoms. The average molecular weight is 519 g/mol. The van der Waals surface area contributed by atoms with E-state index in [1.165, 1.54) is 28.4 Å².